The van der Waals surface area contributed by atoms with Gasteiger partial charge < -0.3 is 21.0 Å². The van der Waals surface area contributed by atoms with Crippen LogP contribution in [0, 0.1) is 10.7 Å². The Morgan fingerprint density at radius 3 is 2.93 bits per heavy atom. The van der Waals surface area contributed by atoms with Crippen molar-refractivity contribution in [3.8, 4) is 5.40 Å². The first-order chi connectivity index (χ1) is 13.4. The Morgan fingerprint density at radius 1 is 1.61 bits per heavy atom. The van der Waals surface area contributed by atoms with E-state index < -0.39 is 29.9 Å². The molecule has 146 valence electrons. The maximum atomic E-state index is 12.6. The van der Waals surface area contributed by atoms with Gasteiger partial charge in [-0.3, -0.25) is 14.5 Å². The fraction of sp³-hybridized carbons (Fsp3) is 0.286. The van der Waals surface area contributed by atoms with Gasteiger partial charge in [-0.2, -0.15) is 5.26 Å². The van der Waals surface area contributed by atoms with Crippen LogP contribution < -0.4 is 11.1 Å². The average Bonchev–Trinajstić information content (AvgIpc) is 3.09. The van der Waals surface area contributed by atoms with Crippen molar-refractivity contribution in [3.63, 3.8) is 0 Å². The minimum Gasteiger partial charge on any atom is -0.477 e. The van der Waals surface area contributed by atoms with Crippen LogP contribution in [-0.2, 0) is 19.2 Å². The van der Waals surface area contributed by atoms with E-state index in [2.05, 4.69) is 20.3 Å². The van der Waals surface area contributed by atoms with Crippen molar-refractivity contribution in [1.82, 2.24) is 15.2 Å². The summed E-state index contributed by atoms with van der Waals surface area (Å²) in [6.45, 7) is 0. The number of thioether (sulfide) groups is 2. The lowest BCUT2D eigenvalue weighted by atomic mass is 9.95. The molecule has 1 aromatic rings. The van der Waals surface area contributed by atoms with Gasteiger partial charge in [0.2, 0.25) is 0 Å². The summed E-state index contributed by atoms with van der Waals surface area (Å²) in [5.41, 5.74) is 5.37. The van der Waals surface area contributed by atoms with Crippen LogP contribution in [0.15, 0.2) is 20.5 Å². The standard InChI is InChI=1S/C14H12N6O5S3/c1-25-19-7(5-2-27-14(16)17-5)10(21)18-8-6-3-26-13(28-4-15)9(12(23)24)20(6)11(8)22/h2,6,8H,3H2,1H3,(H2,16,17)(H,18,21)(H,23,24). The Labute approximate surface area is 170 Å². The summed E-state index contributed by atoms with van der Waals surface area (Å²) in [6.07, 6.45) is 0. The molecule has 2 aliphatic heterocycles. The Balaban J connectivity index is 1.79. The van der Waals surface area contributed by atoms with Gasteiger partial charge in [-0.05, 0) is 11.8 Å². The molecular weight excluding hydrogens is 428 g/mol. The number of nitrogens with two attached hydrogens (primary N) is 1. The molecule has 2 aliphatic rings. The van der Waals surface area contributed by atoms with Crippen molar-refractivity contribution in [1.29, 1.82) is 5.26 Å². The van der Waals surface area contributed by atoms with Crippen LogP contribution in [-0.4, -0.2) is 63.4 Å². The highest BCUT2D eigenvalue weighted by Gasteiger charge is 2.54. The second kappa shape index (κ2) is 8.09. The molecule has 3 heterocycles. The molecule has 2 unspecified atom stereocenters. The van der Waals surface area contributed by atoms with Crippen LogP contribution in [0.4, 0.5) is 5.13 Å². The third-order valence-electron chi connectivity index (χ3n) is 3.83. The van der Waals surface area contributed by atoms with Crippen LogP contribution in [0.25, 0.3) is 0 Å². The van der Waals surface area contributed by atoms with E-state index in [1.54, 1.807) is 0 Å². The van der Waals surface area contributed by atoms with Gasteiger partial charge >= 0.3 is 5.97 Å². The van der Waals surface area contributed by atoms with Crippen LogP contribution >= 0.6 is 34.9 Å². The van der Waals surface area contributed by atoms with E-state index >= 15 is 0 Å². The van der Waals surface area contributed by atoms with Crippen LogP contribution in [0.5, 0.6) is 0 Å². The molecule has 0 aromatic carbocycles. The lowest BCUT2D eigenvalue weighted by Gasteiger charge is -2.49. The number of carboxylic acids is 1. The van der Waals surface area contributed by atoms with Crippen molar-refractivity contribution in [2.75, 3.05) is 18.6 Å². The van der Waals surface area contributed by atoms with Crippen molar-refractivity contribution < 1.29 is 24.3 Å². The first-order valence-electron chi connectivity index (χ1n) is 7.51. The van der Waals surface area contributed by atoms with E-state index in [9.17, 15) is 19.5 Å². The molecule has 0 aliphatic carbocycles. The summed E-state index contributed by atoms with van der Waals surface area (Å²) < 4.78 is 0.240. The summed E-state index contributed by atoms with van der Waals surface area (Å²) in [6, 6.07) is -1.49. The number of β-lactam (4-membered cyclic amide) rings is 1. The van der Waals surface area contributed by atoms with Gasteiger partial charge in [-0.25, -0.2) is 9.78 Å². The number of nitriles is 1. The van der Waals surface area contributed by atoms with E-state index in [1.165, 1.54) is 12.5 Å². The second-order valence-electron chi connectivity index (χ2n) is 5.37. The molecule has 2 amide bonds. The van der Waals surface area contributed by atoms with Gasteiger partial charge in [0.05, 0.1) is 10.3 Å². The smallest absolute Gasteiger partial charge is 0.354 e. The third kappa shape index (κ3) is 3.51. The molecule has 0 radical (unpaired) electrons. The van der Waals surface area contributed by atoms with Gasteiger partial charge in [0.1, 0.15) is 24.2 Å². The van der Waals surface area contributed by atoms with Gasteiger partial charge in [-0.1, -0.05) is 5.16 Å². The highest BCUT2D eigenvalue weighted by atomic mass is 32.2. The SMILES string of the molecule is CON=C(C(=O)NC1C(=O)N2C(C(=O)O)=C(SC#N)SCC12)c1csc(N)n1. The monoisotopic (exact) mass is 440 g/mol. The molecule has 1 fully saturated rings. The molecule has 14 heteroatoms. The van der Waals surface area contributed by atoms with Crippen molar-refractivity contribution in [2.45, 2.75) is 12.1 Å². The zero-order valence-electron chi connectivity index (χ0n) is 14.1. The quantitative estimate of drug-likeness (QED) is 0.236. The number of carboxylic acid groups (broad SMARTS) is 1. The van der Waals surface area contributed by atoms with E-state index in [-0.39, 0.29) is 26.5 Å². The summed E-state index contributed by atoms with van der Waals surface area (Å²) in [5.74, 6) is -2.26. The molecule has 28 heavy (non-hydrogen) atoms. The highest BCUT2D eigenvalue weighted by molar-refractivity contribution is 8.24. The molecule has 1 saturated heterocycles. The van der Waals surface area contributed by atoms with Crippen molar-refractivity contribution >= 4 is 63.5 Å². The minimum atomic E-state index is -1.31. The van der Waals surface area contributed by atoms with Crippen LogP contribution in [0.2, 0.25) is 0 Å². The summed E-state index contributed by atoms with van der Waals surface area (Å²) in [4.78, 5) is 46.4. The number of oxime groups is 1. The zero-order valence-corrected chi connectivity index (χ0v) is 16.6. The number of fused-ring (bicyclic) bond motifs is 1. The maximum Gasteiger partial charge on any atom is 0.354 e. The number of nitrogen functional groups attached to an aromatic ring is 1. The predicted octanol–water partition coefficient (Wildman–Crippen LogP) is -0.0138. The predicted molar refractivity (Wildman–Crippen MR) is 103 cm³/mol. The van der Waals surface area contributed by atoms with Gasteiger partial charge in [0, 0.05) is 11.1 Å². The van der Waals surface area contributed by atoms with E-state index in [0.717, 1.165) is 28.0 Å². The van der Waals surface area contributed by atoms with Gasteiger partial charge in [0.15, 0.2) is 16.5 Å². The summed E-state index contributed by atoms with van der Waals surface area (Å²) in [5, 5.41) is 28.0. The summed E-state index contributed by atoms with van der Waals surface area (Å²) in [7, 11) is 1.26. The lowest BCUT2D eigenvalue weighted by molar-refractivity contribution is -0.153. The molecule has 2 atom stereocenters. The molecule has 1 aromatic heterocycles. The minimum absolute atomic E-state index is 0.153. The number of aromatic nitrogens is 1. The molecule has 0 bridgehead atoms. The number of hydrogen-bond acceptors (Lipinski definition) is 11. The number of thiocyanates is 1. The molecule has 11 nitrogen and oxygen atoms in total. The Hall–Kier alpha value is -2.76. The average molecular weight is 440 g/mol. The molecular formula is C14H12N6O5S3. The Bertz CT molecular complexity index is 952. The number of nitrogens with one attached hydrogen (secondary N) is 1. The second-order valence-corrected chi connectivity index (χ2v) is 8.34. The van der Waals surface area contributed by atoms with Gasteiger partial charge in [0.25, 0.3) is 11.8 Å². The maximum absolute atomic E-state index is 12.6. The number of aliphatic carboxylic acids is 1. The molecule has 3 rings (SSSR count). The number of rotatable bonds is 6. The molecule has 4 N–H and O–H groups in total. The third-order valence-corrected chi connectivity index (χ3v) is 6.54. The van der Waals surface area contributed by atoms with E-state index in [0.29, 0.717) is 17.5 Å². The molecule has 0 spiro atoms. The number of amides is 2. The Kier molecular flexibility index (Phi) is 5.77. The van der Waals surface area contributed by atoms with Gasteiger partial charge in [-0.15, -0.1) is 23.1 Å². The lowest BCUT2D eigenvalue weighted by Crippen LogP contribution is -2.72. The van der Waals surface area contributed by atoms with E-state index in [4.69, 9.17) is 11.0 Å². The summed E-state index contributed by atoms with van der Waals surface area (Å²) >= 11 is 2.95. The van der Waals surface area contributed by atoms with Crippen LogP contribution in [0.1, 0.15) is 5.69 Å². The number of nitrogens with zero attached hydrogens (tertiary/aromatic N) is 4. The topological polar surface area (TPSA) is 171 Å². The number of carbonyl (C=O) groups excluding carboxylic acids is 2. The van der Waals surface area contributed by atoms with E-state index in [1.807, 2.05) is 5.40 Å². The normalized spacial score (nSPS) is 21.5. The fourth-order valence-corrected chi connectivity index (χ4v) is 5.14. The Morgan fingerprint density at radius 2 is 2.36 bits per heavy atom. The zero-order chi connectivity index (χ0) is 20.4. The van der Waals surface area contributed by atoms with Crippen molar-refractivity contribution in [3.05, 3.63) is 21.0 Å². The number of thiazole rings is 1. The van der Waals surface area contributed by atoms with Crippen LogP contribution in [0.3, 0.4) is 0 Å². The number of hydrogen-bond donors (Lipinski definition) is 3. The highest BCUT2D eigenvalue weighted by Crippen LogP contribution is 2.43. The van der Waals surface area contributed by atoms with Crippen molar-refractivity contribution in [2.24, 2.45) is 5.16 Å². The first kappa shape index (κ1) is 20.0. The first-order valence-corrected chi connectivity index (χ1v) is 10.2. The number of carbonyl (C=O) groups is 3. The fourth-order valence-electron chi connectivity index (χ4n) is 2.69. The molecule has 0 saturated carbocycles. The number of anilines is 1. The largest absolute Gasteiger partial charge is 0.477 e.